The molecule has 2 nitrogen and oxygen atoms in total. The van der Waals surface area contributed by atoms with Crippen LogP contribution in [-0.4, -0.2) is 11.3 Å². The van der Waals surface area contributed by atoms with Crippen LogP contribution >= 0.6 is 0 Å². The molecule has 2 N–H and O–H groups in total. The Labute approximate surface area is 90.5 Å². The highest BCUT2D eigenvalue weighted by Crippen LogP contribution is 2.03. The first-order valence-corrected chi connectivity index (χ1v) is 4.86. The van der Waals surface area contributed by atoms with E-state index in [-0.39, 0.29) is 12.2 Å². The van der Waals surface area contributed by atoms with Crippen LogP contribution in [0.5, 0.6) is 0 Å². The summed E-state index contributed by atoms with van der Waals surface area (Å²) in [7, 11) is 0. The van der Waals surface area contributed by atoms with E-state index in [0.717, 1.165) is 5.56 Å². The molecule has 1 aromatic rings. The smallest absolute Gasteiger partial charge is 0.207 e. The molecule has 1 rings (SSSR count). The number of benzene rings is 1. The van der Waals surface area contributed by atoms with Crippen molar-refractivity contribution in [1.82, 2.24) is 0 Å². The van der Waals surface area contributed by atoms with Crippen LogP contribution in [0.15, 0.2) is 30.3 Å². The largest absolute Gasteiger partial charge is 0.325 e. The molecule has 0 fully saturated rings. The SMILES string of the molecule is CC(C)(N)CC(=O)C#Cc1ccccc1. The van der Waals surface area contributed by atoms with E-state index in [2.05, 4.69) is 11.8 Å². The van der Waals surface area contributed by atoms with Gasteiger partial charge in [0.25, 0.3) is 0 Å². The van der Waals surface area contributed by atoms with Gasteiger partial charge in [-0.05, 0) is 31.9 Å². The Hall–Kier alpha value is -1.59. The van der Waals surface area contributed by atoms with Gasteiger partial charge in [-0.25, -0.2) is 0 Å². The Morgan fingerprint density at radius 3 is 2.47 bits per heavy atom. The lowest BCUT2D eigenvalue weighted by atomic mass is 9.99. The topological polar surface area (TPSA) is 43.1 Å². The maximum absolute atomic E-state index is 11.4. The zero-order chi connectivity index (χ0) is 11.3. The highest BCUT2D eigenvalue weighted by Gasteiger charge is 2.14. The summed E-state index contributed by atoms with van der Waals surface area (Å²) >= 11 is 0. The third kappa shape index (κ3) is 4.99. The standard InChI is InChI=1S/C13H15NO/c1-13(2,14)10-12(15)9-8-11-6-4-3-5-7-11/h3-7H,10,14H2,1-2H3. The van der Waals surface area contributed by atoms with Crippen LogP contribution in [0.3, 0.4) is 0 Å². The van der Waals surface area contributed by atoms with Crippen molar-refractivity contribution in [3.8, 4) is 11.8 Å². The van der Waals surface area contributed by atoms with Gasteiger partial charge in [0.05, 0.1) is 0 Å². The van der Waals surface area contributed by atoms with Gasteiger partial charge in [-0.15, -0.1) is 0 Å². The number of hydrogen-bond donors (Lipinski definition) is 1. The maximum Gasteiger partial charge on any atom is 0.207 e. The Bertz CT molecular complexity index is 390. The van der Waals surface area contributed by atoms with Gasteiger partial charge in [0.1, 0.15) is 0 Å². The predicted octanol–water partition coefficient (Wildman–Crippen LogP) is 1.73. The van der Waals surface area contributed by atoms with Crippen molar-refractivity contribution in [1.29, 1.82) is 0 Å². The second-order valence-electron chi connectivity index (χ2n) is 4.20. The lowest BCUT2D eigenvalue weighted by Gasteiger charge is -2.14. The van der Waals surface area contributed by atoms with Crippen LogP contribution in [0.25, 0.3) is 0 Å². The Kier molecular flexibility index (Phi) is 3.65. The molecule has 0 aliphatic carbocycles. The van der Waals surface area contributed by atoms with E-state index in [1.54, 1.807) is 0 Å². The summed E-state index contributed by atoms with van der Waals surface area (Å²) in [5.74, 6) is 5.28. The van der Waals surface area contributed by atoms with Crippen LogP contribution in [0.1, 0.15) is 25.8 Å². The van der Waals surface area contributed by atoms with Crippen molar-refractivity contribution in [2.45, 2.75) is 25.8 Å². The average Bonchev–Trinajstić information content (AvgIpc) is 2.14. The van der Waals surface area contributed by atoms with Gasteiger partial charge in [-0.2, -0.15) is 0 Å². The van der Waals surface area contributed by atoms with Crippen molar-refractivity contribution in [3.05, 3.63) is 35.9 Å². The molecule has 78 valence electrons. The van der Waals surface area contributed by atoms with Crippen molar-refractivity contribution in [2.24, 2.45) is 5.73 Å². The number of carbonyl (C=O) groups is 1. The van der Waals surface area contributed by atoms with E-state index in [4.69, 9.17) is 5.73 Å². The molecule has 0 amide bonds. The van der Waals surface area contributed by atoms with Crippen LogP contribution < -0.4 is 5.73 Å². The van der Waals surface area contributed by atoms with Crippen molar-refractivity contribution < 1.29 is 4.79 Å². The molecule has 0 saturated heterocycles. The molecular formula is C13H15NO. The summed E-state index contributed by atoms with van der Waals surface area (Å²) < 4.78 is 0. The van der Waals surface area contributed by atoms with Crippen LogP contribution in [0.2, 0.25) is 0 Å². The van der Waals surface area contributed by atoms with Crippen LogP contribution in [-0.2, 0) is 4.79 Å². The zero-order valence-corrected chi connectivity index (χ0v) is 9.08. The number of ketones is 1. The molecule has 0 bridgehead atoms. The van der Waals surface area contributed by atoms with Gasteiger partial charge < -0.3 is 5.73 Å². The molecule has 0 aliphatic heterocycles. The Balaban J connectivity index is 2.64. The molecule has 0 atom stereocenters. The summed E-state index contributed by atoms with van der Waals surface area (Å²) in [4.78, 5) is 11.4. The molecular weight excluding hydrogens is 186 g/mol. The van der Waals surface area contributed by atoms with Gasteiger partial charge in [-0.1, -0.05) is 24.1 Å². The predicted molar refractivity (Wildman–Crippen MR) is 61.2 cm³/mol. The summed E-state index contributed by atoms with van der Waals surface area (Å²) in [6.45, 7) is 3.63. The van der Waals surface area contributed by atoms with Gasteiger partial charge in [0, 0.05) is 17.5 Å². The molecule has 0 radical (unpaired) electrons. The fourth-order valence-corrected chi connectivity index (χ4v) is 1.12. The number of carbonyl (C=O) groups excluding carboxylic acids is 1. The highest BCUT2D eigenvalue weighted by atomic mass is 16.1. The summed E-state index contributed by atoms with van der Waals surface area (Å²) in [5.41, 5.74) is 6.08. The van der Waals surface area contributed by atoms with E-state index in [1.165, 1.54) is 0 Å². The fraction of sp³-hybridized carbons (Fsp3) is 0.308. The zero-order valence-electron chi connectivity index (χ0n) is 9.08. The van der Waals surface area contributed by atoms with E-state index in [0.29, 0.717) is 0 Å². The first-order chi connectivity index (χ1) is 6.97. The van der Waals surface area contributed by atoms with Crippen LogP contribution in [0.4, 0.5) is 0 Å². The van der Waals surface area contributed by atoms with E-state index >= 15 is 0 Å². The minimum Gasteiger partial charge on any atom is -0.325 e. The third-order valence-electron chi connectivity index (χ3n) is 1.74. The first kappa shape index (κ1) is 11.5. The van der Waals surface area contributed by atoms with Gasteiger partial charge in [0.2, 0.25) is 5.78 Å². The third-order valence-corrected chi connectivity index (χ3v) is 1.74. The lowest BCUT2D eigenvalue weighted by molar-refractivity contribution is -0.114. The summed E-state index contributed by atoms with van der Waals surface area (Å²) in [5, 5.41) is 0. The quantitative estimate of drug-likeness (QED) is 0.740. The number of nitrogens with two attached hydrogens (primary N) is 1. The molecule has 15 heavy (non-hydrogen) atoms. The van der Waals surface area contributed by atoms with Crippen molar-refractivity contribution in [2.75, 3.05) is 0 Å². The second-order valence-corrected chi connectivity index (χ2v) is 4.20. The van der Waals surface area contributed by atoms with E-state index < -0.39 is 5.54 Å². The first-order valence-electron chi connectivity index (χ1n) is 4.86. The van der Waals surface area contributed by atoms with Gasteiger partial charge in [-0.3, -0.25) is 4.79 Å². The van der Waals surface area contributed by atoms with E-state index in [1.807, 2.05) is 44.2 Å². The molecule has 0 heterocycles. The number of hydrogen-bond acceptors (Lipinski definition) is 2. The molecule has 0 unspecified atom stereocenters. The maximum atomic E-state index is 11.4. The van der Waals surface area contributed by atoms with Crippen LogP contribution in [0, 0.1) is 11.8 Å². The normalized spacial score (nSPS) is 10.3. The highest BCUT2D eigenvalue weighted by molar-refractivity contribution is 5.96. The molecule has 2 heteroatoms. The molecule has 0 aliphatic rings. The summed E-state index contributed by atoms with van der Waals surface area (Å²) in [6.07, 6.45) is 0.285. The number of Topliss-reactive ketones (excluding diaryl/α,β-unsaturated/α-hetero) is 1. The average molecular weight is 201 g/mol. The van der Waals surface area contributed by atoms with Crippen molar-refractivity contribution in [3.63, 3.8) is 0 Å². The minimum absolute atomic E-state index is 0.119. The lowest BCUT2D eigenvalue weighted by Crippen LogP contribution is -2.34. The molecule has 0 spiro atoms. The van der Waals surface area contributed by atoms with Gasteiger partial charge >= 0.3 is 0 Å². The fourth-order valence-electron chi connectivity index (χ4n) is 1.12. The number of rotatable bonds is 2. The minimum atomic E-state index is -0.484. The molecule has 0 aromatic heterocycles. The Morgan fingerprint density at radius 2 is 1.93 bits per heavy atom. The van der Waals surface area contributed by atoms with E-state index in [9.17, 15) is 4.79 Å². The second kappa shape index (κ2) is 4.77. The molecule has 1 aromatic carbocycles. The van der Waals surface area contributed by atoms with Crippen molar-refractivity contribution >= 4 is 5.78 Å². The molecule has 0 saturated carbocycles. The summed E-state index contributed by atoms with van der Waals surface area (Å²) in [6, 6.07) is 9.43. The monoisotopic (exact) mass is 201 g/mol. The van der Waals surface area contributed by atoms with Gasteiger partial charge in [0.15, 0.2) is 0 Å². The Morgan fingerprint density at radius 1 is 1.33 bits per heavy atom.